The smallest absolute Gasteiger partial charge is 0.432 e. The van der Waals surface area contributed by atoms with Crippen molar-refractivity contribution in [3.05, 3.63) is 47.2 Å². The Morgan fingerprint density at radius 1 is 1.32 bits per heavy atom. The second-order valence-electron chi connectivity index (χ2n) is 3.74. The van der Waals surface area contributed by atoms with Crippen LogP contribution in [-0.4, -0.2) is 33.9 Å². The summed E-state index contributed by atoms with van der Waals surface area (Å²) < 4.78 is 0.674. The van der Waals surface area contributed by atoms with Gasteiger partial charge in [-0.05, 0) is 18.2 Å². The summed E-state index contributed by atoms with van der Waals surface area (Å²) in [4.78, 5) is 24.1. The summed E-state index contributed by atoms with van der Waals surface area (Å²) in [6, 6.07) is 8.19. The number of hydrogen-bond acceptors (Lipinski definition) is 3. The number of hydrogen-bond donors (Lipinski definition) is 1. The Morgan fingerprint density at radius 2 is 2.00 bits per heavy atom. The van der Waals surface area contributed by atoms with Gasteiger partial charge in [-0.15, -0.1) is 0 Å². The first kappa shape index (κ1) is 13.1. The van der Waals surface area contributed by atoms with Gasteiger partial charge in [0.25, 0.3) is 5.91 Å². The molecule has 2 aromatic rings. The molecule has 1 N–H and O–H groups in total. The summed E-state index contributed by atoms with van der Waals surface area (Å²) >= 11 is 5.99. The molecule has 0 bridgehead atoms. The van der Waals surface area contributed by atoms with Crippen molar-refractivity contribution in [3.63, 3.8) is 0 Å². The molecule has 1 aromatic heterocycles. The fourth-order valence-corrected chi connectivity index (χ4v) is 1.81. The molecule has 0 aliphatic heterocycles. The molecule has 0 aliphatic carbocycles. The highest BCUT2D eigenvalue weighted by molar-refractivity contribution is 6.34. The Hall–Kier alpha value is -2.34. The third-order valence-electron chi connectivity index (χ3n) is 2.52. The van der Waals surface area contributed by atoms with Gasteiger partial charge in [0.15, 0.2) is 5.69 Å². The topological polar surface area (TPSA) is 75.4 Å². The van der Waals surface area contributed by atoms with Crippen LogP contribution in [0.15, 0.2) is 36.5 Å². The Labute approximate surface area is 113 Å². The fourth-order valence-electron chi connectivity index (χ4n) is 1.55. The minimum absolute atomic E-state index is 0.0322. The van der Waals surface area contributed by atoms with Gasteiger partial charge in [0, 0.05) is 13.2 Å². The first-order chi connectivity index (χ1) is 9.00. The first-order valence-corrected chi connectivity index (χ1v) is 5.70. The Morgan fingerprint density at radius 3 is 2.58 bits per heavy atom. The van der Waals surface area contributed by atoms with Crippen molar-refractivity contribution >= 4 is 29.3 Å². The minimum atomic E-state index is -1.25. The maximum atomic E-state index is 12.1. The number of amides is 1. The van der Waals surface area contributed by atoms with E-state index in [1.165, 1.54) is 17.2 Å². The highest BCUT2D eigenvalue weighted by Crippen LogP contribution is 2.24. The van der Waals surface area contributed by atoms with Gasteiger partial charge in [0.1, 0.15) is 0 Å². The predicted octanol–water partition coefficient (Wildman–Crippen LogP) is 2.34. The van der Waals surface area contributed by atoms with Crippen molar-refractivity contribution in [1.29, 1.82) is 0 Å². The maximum absolute atomic E-state index is 12.1. The number of halogens is 1. The molecule has 0 atom stereocenters. The molecule has 0 saturated carbocycles. The maximum Gasteiger partial charge on any atom is 0.432 e. The molecule has 0 unspecified atom stereocenters. The Bertz CT molecular complexity index is 639. The van der Waals surface area contributed by atoms with Crippen molar-refractivity contribution in [1.82, 2.24) is 9.78 Å². The highest BCUT2D eigenvalue weighted by Gasteiger charge is 2.19. The van der Waals surface area contributed by atoms with Gasteiger partial charge >= 0.3 is 6.09 Å². The summed E-state index contributed by atoms with van der Waals surface area (Å²) in [5.74, 6) is -0.437. The zero-order valence-corrected chi connectivity index (χ0v) is 10.7. The SMILES string of the molecule is CN(C(=O)c1ccn(C(=O)O)n1)c1ccccc1Cl. The molecule has 98 valence electrons. The van der Waals surface area contributed by atoms with Crippen LogP contribution in [0.1, 0.15) is 10.5 Å². The molecule has 2 rings (SSSR count). The van der Waals surface area contributed by atoms with Crippen LogP contribution >= 0.6 is 11.6 Å². The quantitative estimate of drug-likeness (QED) is 0.915. The van der Waals surface area contributed by atoms with Gasteiger partial charge in [0.2, 0.25) is 0 Å². The summed E-state index contributed by atoms with van der Waals surface area (Å²) in [6.07, 6.45) is -0.0461. The Balaban J connectivity index is 2.28. The van der Waals surface area contributed by atoms with E-state index in [0.29, 0.717) is 15.4 Å². The zero-order valence-electron chi connectivity index (χ0n) is 9.95. The van der Waals surface area contributed by atoms with Crippen molar-refractivity contribution < 1.29 is 14.7 Å². The number of aromatic nitrogens is 2. The summed E-state index contributed by atoms with van der Waals surface area (Å²) in [5.41, 5.74) is 0.559. The van der Waals surface area contributed by atoms with Crippen LogP contribution in [-0.2, 0) is 0 Å². The van der Waals surface area contributed by atoms with Crippen molar-refractivity contribution in [2.75, 3.05) is 11.9 Å². The van der Waals surface area contributed by atoms with Crippen molar-refractivity contribution in [2.24, 2.45) is 0 Å². The molecule has 0 saturated heterocycles. The molecular formula is C12H10ClN3O3. The molecule has 6 nitrogen and oxygen atoms in total. The molecule has 1 heterocycles. The van der Waals surface area contributed by atoms with Crippen molar-refractivity contribution in [2.45, 2.75) is 0 Å². The van der Waals surface area contributed by atoms with Gasteiger partial charge in [-0.25, -0.2) is 4.79 Å². The second kappa shape index (κ2) is 5.11. The lowest BCUT2D eigenvalue weighted by atomic mass is 10.2. The molecule has 1 amide bonds. The van der Waals surface area contributed by atoms with Crippen LogP contribution < -0.4 is 4.90 Å². The third-order valence-corrected chi connectivity index (χ3v) is 2.84. The lowest BCUT2D eigenvalue weighted by Crippen LogP contribution is -2.27. The zero-order chi connectivity index (χ0) is 14.0. The fraction of sp³-hybridized carbons (Fsp3) is 0.0833. The molecule has 7 heteroatoms. The van der Waals surface area contributed by atoms with Gasteiger partial charge in [-0.3, -0.25) is 4.79 Å². The predicted molar refractivity (Wildman–Crippen MR) is 69.8 cm³/mol. The molecule has 0 aliphatic rings. The van der Waals surface area contributed by atoms with Gasteiger partial charge < -0.3 is 10.0 Å². The highest BCUT2D eigenvalue weighted by atomic mass is 35.5. The molecule has 0 fully saturated rings. The van der Waals surface area contributed by atoms with E-state index in [-0.39, 0.29) is 5.69 Å². The van der Waals surface area contributed by atoms with E-state index in [1.807, 2.05) is 0 Å². The van der Waals surface area contributed by atoms with E-state index >= 15 is 0 Å². The van der Waals surface area contributed by atoms with Gasteiger partial charge in [0.05, 0.1) is 10.7 Å². The normalized spacial score (nSPS) is 10.2. The molecule has 19 heavy (non-hydrogen) atoms. The number of carbonyl (C=O) groups excluding carboxylic acids is 1. The summed E-state index contributed by atoms with van der Waals surface area (Å²) in [6.45, 7) is 0. The third kappa shape index (κ3) is 2.58. The van der Waals surface area contributed by atoms with Crippen LogP contribution in [0.25, 0.3) is 0 Å². The first-order valence-electron chi connectivity index (χ1n) is 5.32. The number of para-hydroxylation sites is 1. The molecule has 0 spiro atoms. The molecule has 0 radical (unpaired) electrons. The van der Waals surface area contributed by atoms with Crippen LogP contribution in [0.2, 0.25) is 5.02 Å². The number of carboxylic acid groups (broad SMARTS) is 1. The van der Waals surface area contributed by atoms with E-state index < -0.39 is 12.0 Å². The molecular weight excluding hydrogens is 270 g/mol. The lowest BCUT2D eigenvalue weighted by molar-refractivity contribution is 0.0988. The Kier molecular flexibility index (Phi) is 3.52. The number of benzene rings is 1. The van der Waals surface area contributed by atoms with E-state index in [1.54, 1.807) is 31.3 Å². The number of anilines is 1. The van der Waals surface area contributed by atoms with E-state index in [9.17, 15) is 9.59 Å². The van der Waals surface area contributed by atoms with Crippen LogP contribution in [0, 0.1) is 0 Å². The summed E-state index contributed by atoms with van der Waals surface area (Å²) in [7, 11) is 1.54. The van der Waals surface area contributed by atoms with E-state index in [2.05, 4.69) is 5.10 Å². The number of nitrogens with zero attached hydrogens (tertiary/aromatic N) is 3. The van der Waals surface area contributed by atoms with Crippen LogP contribution in [0.3, 0.4) is 0 Å². The second-order valence-corrected chi connectivity index (χ2v) is 4.15. The number of carbonyl (C=O) groups is 2. The van der Waals surface area contributed by atoms with Gasteiger partial charge in [-0.2, -0.15) is 9.78 Å². The monoisotopic (exact) mass is 279 g/mol. The number of rotatable bonds is 2. The molecule has 1 aromatic carbocycles. The lowest BCUT2D eigenvalue weighted by Gasteiger charge is -2.17. The summed E-state index contributed by atoms with van der Waals surface area (Å²) in [5, 5.41) is 12.8. The van der Waals surface area contributed by atoms with E-state index in [4.69, 9.17) is 16.7 Å². The minimum Gasteiger partial charge on any atom is -0.463 e. The van der Waals surface area contributed by atoms with Crippen LogP contribution in [0.5, 0.6) is 0 Å². The largest absolute Gasteiger partial charge is 0.463 e. The standard InChI is InChI=1S/C12H10ClN3O3/c1-15(10-5-3-2-4-8(10)13)11(17)9-6-7-16(14-9)12(18)19/h2-7H,1H3,(H,18,19). The van der Waals surface area contributed by atoms with Crippen LogP contribution in [0.4, 0.5) is 10.5 Å². The van der Waals surface area contributed by atoms with Crippen molar-refractivity contribution in [3.8, 4) is 0 Å². The average molecular weight is 280 g/mol. The van der Waals surface area contributed by atoms with E-state index in [0.717, 1.165) is 0 Å². The average Bonchev–Trinajstić information content (AvgIpc) is 2.87. The van der Waals surface area contributed by atoms with Gasteiger partial charge in [-0.1, -0.05) is 23.7 Å².